The van der Waals surface area contributed by atoms with E-state index < -0.39 is 12.0 Å². The van der Waals surface area contributed by atoms with Gasteiger partial charge in [0, 0.05) is 22.2 Å². The molecule has 0 spiro atoms. The molecule has 0 aromatic heterocycles. The Kier molecular flexibility index (Phi) is 5.76. The van der Waals surface area contributed by atoms with Gasteiger partial charge >= 0.3 is 5.97 Å². The predicted molar refractivity (Wildman–Crippen MR) is 102 cm³/mol. The molecule has 2 atom stereocenters. The molecule has 1 N–H and O–H groups in total. The number of carbonyl (C=O) groups is 1. The fourth-order valence-corrected chi connectivity index (χ4v) is 4.89. The van der Waals surface area contributed by atoms with Crippen molar-refractivity contribution in [3.63, 3.8) is 0 Å². The second kappa shape index (κ2) is 7.83. The van der Waals surface area contributed by atoms with Crippen molar-refractivity contribution in [3.8, 4) is 0 Å². The average Bonchev–Trinajstić information content (AvgIpc) is 2.99. The van der Waals surface area contributed by atoms with Crippen LogP contribution in [0.25, 0.3) is 0 Å². The standard InChI is InChI=1S/C18H18ClNO2S2/c1-23-15-7-5-12(6-8-15)10-20-16(18(21)22)11-24-17(20)13-3-2-4-14(19)9-13/h2-9,16-17H,10-11H2,1H3,(H,21,22). The number of nitrogens with zero attached hydrogens (tertiary/aromatic N) is 1. The molecule has 1 heterocycles. The van der Waals surface area contributed by atoms with Crippen LogP contribution >= 0.6 is 35.1 Å². The molecule has 3 nitrogen and oxygen atoms in total. The van der Waals surface area contributed by atoms with E-state index in [1.807, 2.05) is 35.4 Å². The van der Waals surface area contributed by atoms with Crippen LogP contribution in [0.1, 0.15) is 16.5 Å². The number of aliphatic carboxylic acids is 1. The van der Waals surface area contributed by atoms with Crippen LogP contribution in [0.4, 0.5) is 0 Å². The van der Waals surface area contributed by atoms with Gasteiger partial charge in [0.15, 0.2) is 0 Å². The minimum atomic E-state index is -0.771. The molecule has 0 aliphatic carbocycles. The van der Waals surface area contributed by atoms with Gasteiger partial charge in [0.05, 0.1) is 5.37 Å². The van der Waals surface area contributed by atoms with Gasteiger partial charge in [-0.3, -0.25) is 9.69 Å². The quantitative estimate of drug-likeness (QED) is 0.758. The van der Waals surface area contributed by atoms with Gasteiger partial charge in [0.1, 0.15) is 6.04 Å². The summed E-state index contributed by atoms with van der Waals surface area (Å²) in [5.41, 5.74) is 2.17. The highest BCUT2D eigenvalue weighted by Gasteiger charge is 2.39. The molecule has 1 aliphatic rings. The van der Waals surface area contributed by atoms with Crippen LogP contribution in [0.15, 0.2) is 53.4 Å². The maximum Gasteiger partial charge on any atom is 0.321 e. The number of rotatable bonds is 5. The summed E-state index contributed by atoms with van der Waals surface area (Å²) in [4.78, 5) is 14.9. The Labute approximate surface area is 155 Å². The van der Waals surface area contributed by atoms with Gasteiger partial charge in [-0.25, -0.2) is 0 Å². The van der Waals surface area contributed by atoms with Crippen molar-refractivity contribution in [2.24, 2.45) is 0 Å². The van der Waals surface area contributed by atoms with E-state index in [1.165, 1.54) is 4.90 Å². The van der Waals surface area contributed by atoms with Crippen molar-refractivity contribution in [2.75, 3.05) is 12.0 Å². The number of carboxylic acids is 1. The summed E-state index contributed by atoms with van der Waals surface area (Å²) >= 11 is 9.47. The first-order valence-electron chi connectivity index (χ1n) is 7.57. The molecule has 2 aromatic carbocycles. The van der Waals surface area contributed by atoms with E-state index in [-0.39, 0.29) is 5.37 Å². The second-order valence-electron chi connectivity index (χ2n) is 5.62. The van der Waals surface area contributed by atoms with Gasteiger partial charge in [-0.15, -0.1) is 23.5 Å². The molecule has 0 bridgehead atoms. The van der Waals surface area contributed by atoms with E-state index in [1.54, 1.807) is 23.5 Å². The van der Waals surface area contributed by atoms with Crippen molar-refractivity contribution in [1.29, 1.82) is 0 Å². The molecular formula is C18H18ClNO2S2. The molecule has 1 fully saturated rings. The van der Waals surface area contributed by atoms with Crippen LogP contribution in [0.5, 0.6) is 0 Å². The lowest BCUT2D eigenvalue weighted by atomic mass is 10.1. The van der Waals surface area contributed by atoms with E-state index in [4.69, 9.17) is 11.6 Å². The zero-order valence-electron chi connectivity index (χ0n) is 13.2. The lowest BCUT2D eigenvalue weighted by Crippen LogP contribution is -2.38. The van der Waals surface area contributed by atoms with Crippen molar-refractivity contribution in [2.45, 2.75) is 22.9 Å². The van der Waals surface area contributed by atoms with Crippen LogP contribution < -0.4 is 0 Å². The summed E-state index contributed by atoms with van der Waals surface area (Å²) in [7, 11) is 0. The highest BCUT2D eigenvalue weighted by atomic mass is 35.5. The SMILES string of the molecule is CSc1ccc(CN2C(C(=O)O)CSC2c2cccc(Cl)c2)cc1. The van der Waals surface area contributed by atoms with Crippen LogP contribution in [0.2, 0.25) is 5.02 Å². The molecule has 6 heteroatoms. The van der Waals surface area contributed by atoms with Gasteiger partial charge in [0.25, 0.3) is 0 Å². The van der Waals surface area contributed by atoms with Crippen molar-refractivity contribution in [3.05, 3.63) is 64.7 Å². The van der Waals surface area contributed by atoms with Gasteiger partial charge < -0.3 is 5.11 Å². The minimum Gasteiger partial charge on any atom is -0.480 e. The molecule has 3 rings (SSSR count). The van der Waals surface area contributed by atoms with E-state index in [2.05, 4.69) is 24.3 Å². The Bertz CT molecular complexity index is 723. The van der Waals surface area contributed by atoms with E-state index in [0.29, 0.717) is 17.3 Å². The van der Waals surface area contributed by atoms with Gasteiger partial charge in [0.2, 0.25) is 0 Å². The average molecular weight is 380 g/mol. The lowest BCUT2D eigenvalue weighted by molar-refractivity contribution is -0.142. The molecule has 24 heavy (non-hydrogen) atoms. The summed E-state index contributed by atoms with van der Waals surface area (Å²) in [6.07, 6.45) is 2.04. The molecule has 1 aliphatic heterocycles. The Hall–Kier alpha value is -1.14. The molecule has 126 valence electrons. The molecular weight excluding hydrogens is 362 g/mol. The van der Waals surface area contributed by atoms with Gasteiger partial charge in [-0.2, -0.15) is 0 Å². The monoisotopic (exact) mass is 379 g/mol. The third-order valence-corrected chi connectivity index (χ3v) is 6.40. The molecule has 1 saturated heterocycles. The first-order chi connectivity index (χ1) is 11.6. The normalized spacial score (nSPS) is 21.1. The summed E-state index contributed by atoms with van der Waals surface area (Å²) < 4.78 is 0. The summed E-state index contributed by atoms with van der Waals surface area (Å²) in [5, 5.41) is 10.3. The zero-order chi connectivity index (χ0) is 17.1. The zero-order valence-corrected chi connectivity index (χ0v) is 15.6. The topological polar surface area (TPSA) is 40.5 Å². The smallest absolute Gasteiger partial charge is 0.321 e. The third-order valence-electron chi connectivity index (χ3n) is 4.06. The van der Waals surface area contributed by atoms with E-state index >= 15 is 0 Å². The fourth-order valence-electron chi connectivity index (χ4n) is 2.83. The van der Waals surface area contributed by atoms with Gasteiger partial charge in [-0.05, 0) is 41.6 Å². The fraction of sp³-hybridized carbons (Fsp3) is 0.278. The predicted octanol–water partition coefficient (Wildman–Crippen LogP) is 4.76. The number of hydrogen-bond donors (Lipinski definition) is 1. The van der Waals surface area contributed by atoms with Crippen LogP contribution in [-0.4, -0.2) is 34.0 Å². The van der Waals surface area contributed by atoms with Crippen molar-refractivity contribution in [1.82, 2.24) is 4.90 Å². The lowest BCUT2D eigenvalue weighted by Gasteiger charge is -2.27. The molecule has 0 radical (unpaired) electrons. The Morgan fingerprint density at radius 2 is 2.08 bits per heavy atom. The highest BCUT2D eigenvalue weighted by molar-refractivity contribution is 7.99. The third kappa shape index (κ3) is 3.91. The maximum atomic E-state index is 11.7. The van der Waals surface area contributed by atoms with Crippen LogP contribution in [0, 0.1) is 0 Å². The number of halogens is 1. The Morgan fingerprint density at radius 1 is 1.33 bits per heavy atom. The van der Waals surface area contributed by atoms with Crippen molar-refractivity contribution < 1.29 is 9.90 Å². The first-order valence-corrected chi connectivity index (χ1v) is 10.2. The molecule has 2 aromatic rings. The Balaban J connectivity index is 1.87. The molecule has 0 saturated carbocycles. The highest BCUT2D eigenvalue weighted by Crippen LogP contribution is 2.42. The van der Waals surface area contributed by atoms with Gasteiger partial charge in [-0.1, -0.05) is 35.9 Å². The molecule has 2 unspecified atom stereocenters. The number of hydrogen-bond acceptors (Lipinski definition) is 4. The first kappa shape index (κ1) is 17.7. The largest absolute Gasteiger partial charge is 0.480 e. The van der Waals surface area contributed by atoms with Crippen LogP contribution in [-0.2, 0) is 11.3 Å². The summed E-state index contributed by atoms with van der Waals surface area (Å²) in [5.74, 6) is -0.192. The van der Waals surface area contributed by atoms with Crippen molar-refractivity contribution >= 4 is 41.1 Å². The molecule has 0 amide bonds. The number of thioether (sulfide) groups is 2. The maximum absolute atomic E-state index is 11.7. The minimum absolute atomic E-state index is 0.00465. The Morgan fingerprint density at radius 3 is 2.71 bits per heavy atom. The number of carboxylic acid groups (broad SMARTS) is 1. The number of benzene rings is 2. The van der Waals surface area contributed by atoms with Crippen LogP contribution in [0.3, 0.4) is 0 Å². The van der Waals surface area contributed by atoms with E-state index in [0.717, 1.165) is 11.1 Å². The summed E-state index contributed by atoms with van der Waals surface area (Å²) in [6.45, 7) is 0.607. The second-order valence-corrected chi connectivity index (χ2v) is 8.04. The summed E-state index contributed by atoms with van der Waals surface area (Å²) in [6, 6.07) is 15.5. The van der Waals surface area contributed by atoms with E-state index in [9.17, 15) is 9.90 Å².